The van der Waals surface area contributed by atoms with Crippen LogP contribution in [0.5, 0.6) is 5.75 Å². The molecule has 2 aromatic carbocycles. The highest BCUT2D eigenvalue weighted by molar-refractivity contribution is 5.83. The van der Waals surface area contributed by atoms with E-state index in [2.05, 4.69) is 42.0 Å². The summed E-state index contributed by atoms with van der Waals surface area (Å²) >= 11 is 0. The Balaban J connectivity index is 1.90. The van der Waals surface area contributed by atoms with Crippen molar-refractivity contribution in [2.24, 2.45) is 0 Å². The van der Waals surface area contributed by atoms with Gasteiger partial charge in [0.15, 0.2) is 0 Å². The third-order valence-corrected chi connectivity index (χ3v) is 4.96. The van der Waals surface area contributed by atoms with Crippen LogP contribution in [-0.4, -0.2) is 51.7 Å². The molecule has 0 radical (unpaired) electrons. The average molecular weight is 366 g/mol. The van der Waals surface area contributed by atoms with Crippen LogP contribution in [0.2, 0.25) is 0 Å². The zero-order chi connectivity index (χ0) is 19.2. The van der Waals surface area contributed by atoms with Crippen molar-refractivity contribution >= 4 is 24.0 Å². The number of hydrogen-bond donors (Lipinski definition) is 0. The summed E-state index contributed by atoms with van der Waals surface area (Å²) in [6.07, 6.45) is 1.88. The molecule has 0 atom stereocenters. The number of nitrogens with zero attached hydrogens (tertiary/aromatic N) is 2. The van der Waals surface area contributed by atoms with Gasteiger partial charge >= 0.3 is 0 Å². The summed E-state index contributed by atoms with van der Waals surface area (Å²) in [6.45, 7) is 6.74. The van der Waals surface area contributed by atoms with Crippen LogP contribution in [0, 0.1) is 6.92 Å². The van der Waals surface area contributed by atoms with Crippen LogP contribution in [0.4, 0.5) is 5.69 Å². The zero-order valence-electron chi connectivity index (χ0n) is 16.1. The molecule has 5 nitrogen and oxygen atoms in total. The monoisotopic (exact) mass is 366 g/mol. The largest absolute Gasteiger partial charge is 0.496 e. The Kier molecular flexibility index (Phi) is 6.14. The lowest BCUT2D eigenvalue weighted by atomic mass is 10.0. The van der Waals surface area contributed by atoms with Gasteiger partial charge in [0.1, 0.15) is 11.5 Å². The maximum atomic E-state index is 11.0. The van der Waals surface area contributed by atoms with Gasteiger partial charge in [-0.3, -0.25) is 4.79 Å². The second kappa shape index (κ2) is 8.73. The van der Waals surface area contributed by atoms with Crippen LogP contribution in [0.25, 0.3) is 11.8 Å². The molecule has 0 bridgehead atoms. The van der Waals surface area contributed by atoms with Gasteiger partial charge in [-0.05, 0) is 55.4 Å². The van der Waals surface area contributed by atoms with E-state index in [0.717, 1.165) is 42.9 Å². The van der Waals surface area contributed by atoms with Crippen molar-refractivity contribution in [3.8, 4) is 5.75 Å². The summed E-state index contributed by atoms with van der Waals surface area (Å²) in [5, 5.41) is 0. The number of rotatable bonds is 6. The van der Waals surface area contributed by atoms with E-state index in [1.165, 1.54) is 5.69 Å². The molecule has 0 N–H and O–H groups in total. The van der Waals surface area contributed by atoms with Crippen molar-refractivity contribution in [2.45, 2.75) is 6.92 Å². The second-order valence-electron chi connectivity index (χ2n) is 6.75. The van der Waals surface area contributed by atoms with Crippen LogP contribution < -0.4 is 9.64 Å². The highest BCUT2D eigenvalue weighted by Gasteiger charge is 2.15. The number of piperazine rings is 1. The van der Waals surface area contributed by atoms with Crippen LogP contribution in [0.1, 0.15) is 16.7 Å². The number of carbonyl (C=O) groups excluding carboxylic acids is 1. The fourth-order valence-electron chi connectivity index (χ4n) is 3.30. The Hall–Kier alpha value is -2.79. The summed E-state index contributed by atoms with van der Waals surface area (Å²) in [5.74, 6) is 1.13. The first-order valence-electron chi connectivity index (χ1n) is 9.12. The van der Waals surface area contributed by atoms with Gasteiger partial charge in [0.05, 0.1) is 12.7 Å². The SMILES string of the molecule is COc1ccccc1/C(=C/c1ccc(N2CCN(C)CC2)cc1C)OC=O. The first-order valence-corrected chi connectivity index (χ1v) is 9.12. The number of likely N-dealkylation sites (N-methyl/N-ethyl adjacent to an activating group) is 1. The van der Waals surface area contributed by atoms with Crippen LogP contribution in [-0.2, 0) is 9.53 Å². The summed E-state index contributed by atoms with van der Waals surface area (Å²) < 4.78 is 10.7. The second-order valence-corrected chi connectivity index (χ2v) is 6.75. The Morgan fingerprint density at radius 1 is 1.07 bits per heavy atom. The summed E-state index contributed by atoms with van der Waals surface area (Å²) in [5.41, 5.74) is 4.12. The van der Waals surface area contributed by atoms with E-state index in [1.807, 2.05) is 30.3 Å². The topological polar surface area (TPSA) is 42.0 Å². The van der Waals surface area contributed by atoms with Gasteiger partial charge in [0.25, 0.3) is 6.47 Å². The number of methoxy groups -OCH3 is 1. The van der Waals surface area contributed by atoms with Crippen molar-refractivity contribution in [3.63, 3.8) is 0 Å². The Morgan fingerprint density at radius 3 is 2.48 bits per heavy atom. The van der Waals surface area contributed by atoms with E-state index >= 15 is 0 Å². The first-order chi connectivity index (χ1) is 13.1. The molecule has 1 fully saturated rings. The molecule has 27 heavy (non-hydrogen) atoms. The van der Waals surface area contributed by atoms with Gasteiger partial charge in [0, 0.05) is 31.9 Å². The molecule has 0 amide bonds. The molecule has 3 rings (SSSR count). The predicted octanol–water partition coefficient (Wildman–Crippen LogP) is 3.43. The maximum Gasteiger partial charge on any atom is 0.298 e. The maximum absolute atomic E-state index is 11.0. The molecule has 0 saturated carbocycles. The van der Waals surface area contributed by atoms with Crippen LogP contribution >= 0.6 is 0 Å². The molecular formula is C22H26N2O3. The molecule has 1 saturated heterocycles. The molecule has 0 aromatic heterocycles. The molecule has 1 heterocycles. The first kappa shape index (κ1) is 19.0. The lowest BCUT2D eigenvalue weighted by Gasteiger charge is -2.34. The van der Waals surface area contributed by atoms with E-state index in [1.54, 1.807) is 7.11 Å². The number of para-hydroxylation sites is 1. The number of ether oxygens (including phenoxy) is 2. The fourth-order valence-corrected chi connectivity index (χ4v) is 3.30. The van der Waals surface area contributed by atoms with Crippen molar-refractivity contribution in [3.05, 3.63) is 59.2 Å². The smallest absolute Gasteiger partial charge is 0.298 e. The molecule has 0 unspecified atom stereocenters. The van der Waals surface area contributed by atoms with Crippen molar-refractivity contribution in [1.82, 2.24) is 4.90 Å². The van der Waals surface area contributed by atoms with E-state index in [4.69, 9.17) is 9.47 Å². The molecule has 0 spiro atoms. The third-order valence-electron chi connectivity index (χ3n) is 4.96. The fraction of sp³-hybridized carbons (Fsp3) is 0.318. The predicted molar refractivity (Wildman–Crippen MR) is 109 cm³/mol. The van der Waals surface area contributed by atoms with Crippen molar-refractivity contribution in [2.75, 3.05) is 45.2 Å². The minimum atomic E-state index is 0.451. The third kappa shape index (κ3) is 4.49. The molecule has 142 valence electrons. The summed E-state index contributed by atoms with van der Waals surface area (Å²) in [4.78, 5) is 15.8. The lowest BCUT2D eigenvalue weighted by molar-refractivity contribution is -0.122. The number of benzene rings is 2. The number of aryl methyl sites for hydroxylation is 1. The molecule has 1 aliphatic rings. The zero-order valence-corrected chi connectivity index (χ0v) is 16.1. The van der Waals surface area contributed by atoms with Gasteiger partial charge in [-0.1, -0.05) is 18.2 Å². The molecule has 0 aliphatic carbocycles. The highest BCUT2D eigenvalue weighted by atomic mass is 16.5. The lowest BCUT2D eigenvalue weighted by Crippen LogP contribution is -2.44. The van der Waals surface area contributed by atoms with E-state index in [0.29, 0.717) is 18.0 Å². The number of hydrogen-bond acceptors (Lipinski definition) is 5. The minimum Gasteiger partial charge on any atom is -0.496 e. The Bertz CT molecular complexity index is 824. The normalized spacial score (nSPS) is 15.5. The van der Waals surface area contributed by atoms with Crippen molar-refractivity contribution < 1.29 is 14.3 Å². The van der Waals surface area contributed by atoms with Crippen LogP contribution in [0.3, 0.4) is 0 Å². The van der Waals surface area contributed by atoms with E-state index in [-0.39, 0.29) is 0 Å². The number of anilines is 1. The Labute approximate surface area is 160 Å². The number of carbonyl (C=O) groups is 1. The van der Waals surface area contributed by atoms with Gasteiger partial charge in [0.2, 0.25) is 0 Å². The molecule has 2 aromatic rings. The summed E-state index contributed by atoms with van der Waals surface area (Å²) in [6, 6.07) is 13.9. The van der Waals surface area contributed by atoms with Gasteiger partial charge in [-0.25, -0.2) is 0 Å². The average Bonchev–Trinajstić information content (AvgIpc) is 2.69. The molecule has 5 heteroatoms. The van der Waals surface area contributed by atoms with Crippen molar-refractivity contribution in [1.29, 1.82) is 0 Å². The highest BCUT2D eigenvalue weighted by Crippen LogP contribution is 2.29. The van der Waals surface area contributed by atoms with Gasteiger partial charge < -0.3 is 19.3 Å². The van der Waals surface area contributed by atoms with Gasteiger partial charge in [-0.2, -0.15) is 0 Å². The quantitative estimate of drug-likeness (QED) is 0.445. The Morgan fingerprint density at radius 2 is 1.81 bits per heavy atom. The van der Waals surface area contributed by atoms with E-state index in [9.17, 15) is 4.79 Å². The van der Waals surface area contributed by atoms with E-state index < -0.39 is 0 Å². The minimum absolute atomic E-state index is 0.451. The van der Waals surface area contributed by atoms with Gasteiger partial charge in [-0.15, -0.1) is 0 Å². The molecular weight excluding hydrogens is 340 g/mol. The summed E-state index contributed by atoms with van der Waals surface area (Å²) in [7, 11) is 3.76. The molecule has 1 aliphatic heterocycles. The van der Waals surface area contributed by atoms with Crippen LogP contribution in [0.15, 0.2) is 42.5 Å². The standard InChI is InChI=1S/C22H26N2O3/c1-17-14-19(24-12-10-23(2)11-13-24)9-8-18(17)15-22(27-16-25)20-6-4-5-7-21(20)26-3/h4-9,14-16H,10-13H2,1-3H3/b22-15-.